The molecule has 0 aliphatic rings. The van der Waals surface area contributed by atoms with Crippen LogP contribution in [0.15, 0.2) is 85.1 Å². The Balaban J connectivity index is 1.51. The molecule has 192 valence electrons. The van der Waals surface area contributed by atoms with Crippen LogP contribution in [0.25, 0.3) is 10.9 Å². The molecule has 0 radical (unpaired) electrons. The molecule has 6 nitrogen and oxygen atoms in total. The minimum Gasteiger partial charge on any atom is -0.489 e. The number of carbonyl (C=O) groups is 2. The zero-order valence-electron chi connectivity index (χ0n) is 21.6. The maximum Gasteiger partial charge on any atom is 0.306 e. The van der Waals surface area contributed by atoms with Crippen molar-refractivity contribution in [3.8, 4) is 5.75 Å². The fourth-order valence-corrected chi connectivity index (χ4v) is 4.31. The zero-order valence-corrected chi connectivity index (χ0v) is 21.6. The van der Waals surface area contributed by atoms with Gasteiger partial charge in [0.2, 0.25) is 5.91 Å². The molecule has 0 N–H and O–H groups in total. The maximum atomic E-state index is 13.1. The standard InChI is InChI=1S/C31H34N2O4/c1-3-36-31(35)17-14-26-21-33(22-30(34)32(2)19-18-24-10-6-4-7-11-24)29-20-27(15-16-28(26)29)37-23-25-12-8-5-9-13-25/h4-13,15-16,20-21H,3,14,17-19,22-23H2,1-2H3. The van der Waals surface area contributed by atoms with Crippen molar-refractivity contribution in [3.63, 3.8) is 0 Å². The fraction of sp³-hybridized carbons (Fsp3) is 0.290. The number of aryl methyl sites for hydroxylation is 1. The first kappa shape index (κ1) is 26.0. The van der Waals surface area contributed by atoms with Crippen molar-refractivity contribution >= 4 is 22.8 Å². The molecule has 0 saturated heterocycles. The lowest BCUT2D eigenvalue weighted by molar-refractivity contribution is -0.143. The third-order valence-electron chi connectivity index (χ3n) is 6.40. The number of likely N-dealkylation sites (N-methyl/N-ethyl adjacent to an activating group) is 1. The van der Waals surface area contributed by atoms with Crippen LogP contribution in [0.1, 0.15) is 30.0 Å². The smallest absolute Gasteiger partial charge is 0.306 e. The molecule has 37 heavy (non-hydrogen) atoms. The van der Waals surface area contributed by atoms with Crippen molar-refractivity contribution in [2.75, 3.05) is 20.2 Å². The van der Waals surface area contributed by atoms with Gasteiger partial charge in [-0.05, 0) is 48.6 Å². The minimum absolute atomic E-state index is 0.0281. The Bertz CT molecular complexity index is 1320. The van der Waals surface area contributed by atoms with Gasteiger partial charge in [-0.2, -0.15) is 0 Å². The molecule has 1 aromatic heterocycles. The molecule has 6 heteroatoms. The van der Waals surface area contributed by atoms with Gasteiger partial charge >= 0.3 is 5.97 Å². The summed E-state index contributed by atoms with van der Waals surface area (Å²) in [7, 11) is 1.84. The summed E-state index contributed by atoms with van der Waals surface area (Å²) >= 11 is 0. The van der Waals surface area contributed by atoms with Crippen molar-refractivity contribution in [1.82, 2.24) is 9.47 Å². The highest BCUT2D eigenvalue weighted by Gasteiger charge is 2.16. The lowest BCUT2D eigenvalue weighted by Gasteiger charge is -2.18. The fourth-order valence-electron chi connectivity index (χ4n) is 4.31. The Morgan fingerprint density at radius 3 is 2.30 bits per heavy atom. The normalized spacial score (nSPS) is 10.9. The Labute approximate surface area is 218 Å². The Hall–Kier alpha value is -4.06. The number of ether oxygens (including phenoxy) is 2. The van der Waals surface area contributed by atoms with E-state index in [1.165, 1.54) is 5.56 Å². The van der Waals surface area contributed by atoms with Crippen molar-refractivity contribution in [3.05, 3.63) is 102 Å². The molecule has 4 rings (SSSR count). The molecule has 0 bridgehead atoms. The molecular weight excluding hydrogens is 464 g/mol. The summed E-state index contributed by atoms with van der Waals surface area (Å²) in [6, 6.07) is 26.1. The summed E-state index contributed by atoms with van der Waals surface area (Å²) in [5.41, 5.74) is 4.21. The number of aromatic nitrogens is 1. The van der Waals surface area contributed by atoms with E-state index >= 15 is 0 Å². The van der Waals surface area contributed by atoms with E-state index in [-0.39, 0.29) is 18.4 Å². The molecule has 0 aliphatic heterocycles. The Kier molecular flexibility index (Phi) is 8.98. The van der Waals surface area contributed by atoms with E-state index in [9.17, 15) is 9.59 Å². The molecule has 0 atom stereocenters. The van der Waals surface area contributed by atoms with Crippen LogP contribution >= 0.6 is 0 Å². The average molecular weight is 499 g/mol. The van der Waals surface area contributed by atoms with Crippen LogP contribution in [0.5, 0.6) is 5.75 Å². The van der Waals surface area contributed by atoms with Gasteiger partial charge in [-0.1, -0.05) is 60.7 Å². The van der Waals surface area contributed by atoms with Gasteiger partial charge in [0.1, 0.15) is 18.9 Å². The maximum absolute atomic E-state index is 13.1. The number of esters is 1. The minimum atomic E-state index is -0.220. The van der Waals surface area contributed by atoms with Gasteiger partial charge in [-0.3, -0.25) is 9.59 Å². The molecule has 0 aliphatic carbocycles. The van der Waals surface area contributed by atoms with Crippen LogP contribution in [0, 0.1) is 0 Å². The summed E-state index contributed by atoms with van der Waals surface area (Å²) in [4.78, 5) is 26.9. The van der Waals surface area contributed by atoms with Gasteiger partial charge in [-0.25, -0.2) is 0 Å². The Morgan fingerprint density at radius 1 is 0.892 bits per heavy atom. The molecule has 3 aromatic carbocycles. The van der Waals surface area contributed by atoms with Gasteiger partial charge in [0.25, 0.3) is 0 Å². The molecule has 1 heterocycles. The van der Waals surface area contributed by atoms with Crippen LogP contribution in [-0.2, 0) is 40.3 Å². The van der Waals surface area contributed by atoms with E-state index in [0.29, 0.717) is 32.6 Å². The van der Waals surface area contributed by atoms with Crippen molar-refractivity contribution in [2.45, 2.75) is 39.3 Å². The number of fused-ring (bicyclic) bond motifs is 1. The largest absolute Gasteiger partial charge is 0.489 e. The number of hydrogen-bond donors (Lipinski definition) is 0. The van der Waals surface area contributed by atoms with Crippen LogP contribution < -0.4 is 4.74 Å². The quantitative estimate of drug-likeness (QED) is 0.245. The highest BCUT2D eigenvalue weighted by Crippen LogP contribution is 2.28. The summed E-state index contributed by atoms with van der Waals surface area (Å²) in [5.74, 6) is 0.542. The van der Waals surface area contributed by atoms with Gasteiger partial charge in [0.15, 0.2) is 0 Å². The number of carbonyl (C=O) groups excluding carboxylic acids is 2. The van der Waals surface area contributed by atoms with E-state index in [2.05, 4.69) is 12.1 Å². The van der Waals surface area contributed by atoms with Gasteiger partial charge in [0, 0.05) is 37.7 Å². The van der Waals surface area contributed by atoms with E-state index in [1.807, 2.05) is 84.5 Å². The van der Waals surface area contributed by atoms with Crippen molar-refractivity contribution in [1.29, 1.82) is 0 Å². The average Bonchev–Trinajstić information content (AvgIpc) is 3.27. The van der Waals surface area contributed by atoms with Crippen molar-refractivity contribution < 1.29 is 19.1 Å². The third-order valence-corrected chi connectivity index (χ3v) is 6.40. The molecule has 4 aromatic rings. The predicted octanol–water partition coefficient (Wildman–Crippen LogP) is 5.42. The van der Waals surface area contributed by atoms with Crippen LogP contribution in [0.2, 0.25) is 0 Å². The van der Waals surface area contributed by atoms with E-state index < -0.39 is 0 Å². The van der Waals surface area contributed by atoms with E-state index in [0.717, 1.165) is 34.2 Å². The van der Waals surface area contributed by atoms with Crippen LogP contribution in [-0.4, -0.2) is 41.5 Å². The number of amides is 1. The molecule has 0 saturated carbocycles. The molecular formula is C31H34N2O4. The number of hydrogen-bond acceptors (Lipinski definition) is 4. The summed E-state index contributed by atoms with van der Waals surface area (Å²) < 4.78 is 13.1. The Morgan fingerprint density at radius 2 is 1.59 bits per heavy atom. The molecule has 0 spiro atoms. The summed E-state index contributed by atoms with van der Waals surface area (Å²) in [6.07, 6.45) is 3.63. The lowest BCUT2D eigenvalue weighted by Crippen LogP contribution is -2.31. The number of benzene rings is 3. The number of nitrogens with zero attached hydrogens (tertiary/aromatic N) is 2. The summed E-state index contributed by atoms with van der Waals surface area (Å²) in [6.45, 7) is 3.49. The van der Waals surface area contributed by atoms with E-state index in [4.69, 9.17) is 9.47 Å². The second-order valence-electron chi connectivity index (χ2n) is 9.09. The highest BCUT2D eigenvalue weighted by atomic mass is 16.5. The zero-order chi connectivity index (χ0) is 26.0. The molecule has 0 unspecified atom stereocenters. The highest BCUT2D eigenvalue weighted by molar-refractivity contribution is 5.87. The topological polar surface area (TPSA) is 60.8 Å². The number of rotatable bonds is 12. The van der Waals surface area contributed by atoms with Gasteiger partial charge in [-0.15, -0.1) is 0 Å². The first-order chi connectivity index (χ1) is 18.0. The van der Waals surface area contributed by atoms with Gasteiger partial charge < -0.3 is 18.9 Å². The van der Waals surface area contributed by atoms with Crippen molar-refractivity contribution in [2.24, 2.45) is 0 Å². The van der Waals surface area contributed by atoms with Crippen LogP contribution in [0.3, 0.4) is 0 Å². The molecule has 0 fully saturated rings. The van der Waals surface area contributed by atoms with Gasteiger partial charge in [0.05, 0.1) is 12.1 Å². The first-order valence-electron chi connectivity index (χ1n) is 12.8. The van der Waals surface area contributed by atoms with E-state index in [1.54, 1.807) is 11.8 Å². The second-order valence-corrected chi connectivity index (χ2v) is 9.09. The predicted molar refractivity (Wildman–Crippen MR) is 145 cm³/mol. The third kappa shape index (κ3) is 7.23. The first-order valence-corrected chi connectivity index (χ1v) is 12.8. The monoisotopic (exact) mass is 498 g/mol. The lowest BCUT2D eigenvalue weighted by atomic mass is 10.1. The molecule has 1 amide bonds. The van der Waals surface area contributed by atoms with Crippen LogP contribution in [0.4, 0.5) is 0 Å². The SMILES string of the molecule is CCOC(=O)CCc1cn(CC(=O)N(C)CCc2ccccc2)c2cc(OCc3ccccc3)ccc12. The second kappa shape index (κ2) is 12.8. The summed E-state index contributed by atoms with van der Waals surface area (Å²) in [5, 5.41) is 1.01.